The molecule has 0 unspecified atom stereocenters. The van der Waals surface area contributed by atoms with Gasteiger partial charge in [-0.15, -0.1) is 0 Å². The molecule has 1 aliphatic heterocycles. The van der Waals surface area contributed by atoms with E-state index in [0.29, 0.717) is 23.7 Å². The fourth-order valence-corrected chi connectivity index (χ4v) is 4.56. The summed E-state index contributed by atoms with van der Waals surface area (Å²) in [6.45, 7) is 5.76. The maximum Gasteiger partial charge on any atom is 0.293 e. The Morgan fingerprint density at radius 2 is 1.97 bits per heavy atom. The molecule has 12 heteroatoms. The number of nitrogens with one attached hydrogen (secondary N) is 3. The quantitative estimate of drug-likeness (QED) is 0.362. The van der Waals surface area contributed by atoms with Crippen LogP contribution in [0.15, 0.2) is 41.5 Å². The lowest BCUT2D eigenvalue weighted by Crippen LogP contribution is -2.54. The van der Waals surface area contributed by atoms with Gasteiger partial charge in [-0.25, -0.2) is 0 Å². The summed E-state index contributed by atoms with van der Waals surface area (Å²) in [7, 11) is 3.19. The zero-order chi connectivity index (χ0) is 25.4. The molecule has 4 heterocycles. The van der Waals surface area contributed by atoms with E-state index in [2.05, 4.69) is 44.8 Å². The molecule has 0 radical (unpaired) electrons. The number of carbonyl (C=O) groups is 1. The summed E-state index contributed by atoms with van der Waals surface area (Å²) in [5, 5.41) is 14.6. The van der Waals surface area contributed by atoms with Crippen LogP contribution in [0.1, 0.15) is 13.8 Å². The van der Waals surface area contributed by atoms with Crippen molar-refractivity contribution >= 4 is 39.9 Å². The van der Waals surface area contributed by atoms with Gasteiger partial charge in [0.05, 0.1) is 5.52 Å². The molecule has 2 atom stereocenters. The Bertz CT molecular complexity index is 1490. The number of likely N-dealkylation sites (N-methyl/N-ethyl adjacent to an activating group) is 1. The highest BCUT2D eigenvalue weighted by molar-refractivity contribution is 5.85. The molecule has 12 nitrogen and oxygen atoms in total. The number of rotatable bonds is 6. The highest BCUT2D eigenvalue weighted by atomic mass is 16.5. The highest BCUT2D eigenvalue weighted by Crippen LogP contribution is 2.26. The van der Waals surface area contributed by atoms with Gasteiger partial charge in [0.15, 0.2) is 12.4 Å². The number of ether oxygens (including phenoxy) is 1. The molecule has 1 aromatic carbocycles. The van der Waals surface area contributed by atoms with Gasteiger partial charge in [-0.1, -0.05) is 0 Å². The SMILES string of the molecule is CNC(=O)COc1cc2cc(Nc3cc(N4C[C@@H](C)N[C@@H](C)C4)nc4ncnn34)ccc2n(C)c1=O. The molecule has 36 heavy (non-hydrogen) atoms. The minimum atomic E-state index is -0.314. The number of carbonyl (C=O) groups excluding carboxylic acids is 1. The van der Waals surface area contributed by atoms with E-state index in [-0.39, 0.29) is 23.8 Å². The van der Waals surface area contributed by atoms with Gasteiger partial charge in [-0.2, -0.15) is 19.6 Å². The summed E-state index contributed by atoms with van der Waals surface area (Å²) in [6, 6.07) is 9.97. The zero-order valence-electron chi connectivity index (χ0n) is 20.6. The van der Waals surface area contributed by atoms with Crippen LogP contribution >= 0.6 is 0 Å². The number of aromatic nitrogens is 5. The summed E-state index contributed by atoms with van der Waals surface area (Å²) < 4.78 is 8.64. The number of amides is 1. The molecule has 0 saturated carbocycles. The van der Waals surface area contributed by atoms with Crippen molar-refractivity contribution in [1.29, 1.82) is 0 Å². The van der Waals surface area contributed by atoms with Gasteiger partial charge in [-0.05, 0) is 38.1 Å². The van der Waals surface area contributed by atoms with E-state index in [1.54, 1.807) is 17.6 Å². The summed E-state index contributed by atoms with van der Waals surface area (Å²) in [6.07, 6.45) is 1.48. The lowest BCUT2D eigenvalue weighted by molar-refractivity contribution is -0.122. The first-order chi connectivity index (χ1) is 17.3. The lowest BCUT2D eigenvalue weighted by Gasteiger charge is -2.37. The number of aryl methyl sites for hydroxylation is 1. The van der Waals surface area contributed by atoms with Crippen molar-refractivity contribution < 1.29 is 9.53 Å². The van der Waals surface area contributed by atoms with Crippen molar-refractivity contribution in [2.75, 3.05) is 37.0 Å². The molecule has 1 saturated heterocycles. The molecule has 1 amide bonds. The number of nitrogens with zero attached hydrogens (tertiary/aromatic N) is 6. The van der Waals surface area contributed by atoms with E-state index in [4.69, 9.17) is 9.72 Å². The number of anilines is 3. The average molecular weight is 492 g/mol. The largest absolute Gasteiger partial charge is 0.478 e. The molecule has 1 aliphatic rings. The van der Waals surface area contributed by atoms with Crippen LogP contribution in [0.4, 0.5) is 17.3 Å². The van der Waals surface area contributed by atoms with Crippen molar-refractivity contribution in [3.8, 4) is 5.75 Å². The van der Waals surface area contributed by atoms with Gasteiger partial charge in [0.2, 0.25) is 0 Å². The van der Waals surface area contributed by atoms with Gasteiger partial charge in [0.1, 0.15) is 18.0 Å². The van der Waals surface area contributed by atoms with E-state index in [9.17, 15) is 9.59 Å². The predicted octanol–water partition coefficient (Wildman–Crippen LogP) is 1.03. The first-order valence-electron chi connectivity index (χ1n) is 11.8. The second-order valence-corrected chi connectivity index (χ2v) is 9.08. The number of pyridine rings is 1. The third-order valence-electron chi connectivity index (χ3n) is 6.22. The van der Waals surface area contributed by atoms with Crippen molar-refractivity contribution in [2.24, 2.45) is 7.05 Å². The van der Waals surface area contributed by atoms with Gasteiger partial charge >= 0.3 is 0 Å². The van der Waals surface area contributed by atoms with Crippen LogP contribution in [0.25, 0.3) is 16.7 Å². The van der Waals surface area contributed by atoms with Crippen molar-refractivity contribution in [1.82, 2.24) is 34.8 Å². The summed E-state index contributed by atoms with van der Waals surface area (Å²) >= 11 is 0. The fourth-order valence-electron chi connectivity index (χ4n) is 4.56. The molecule has 0 spiro atoms. The number of hydrogen-bond acceptors (Lipinski definition) is 9. The highest BCUT2D eigenvalue weighted by Gasteiger charge is 2.23. The van der Waals surface area contributed by atoms with Crippen LogP contribution in [0.2, 0.25) is 0 Å². The Kier molecular flexibility index (Phi) is 6.18. The summed E-state index contributed by atoms with van der Waals surface area (Å²) in [5.74, 6) is 1.84. The summed E-state index contributed by atoms with van der Waals surface area (Å²) in [5.41, 5.74) is 1.21. The van der Waals surface area contributed by atoms with Crippen LogP contribution in [0.3, 0.4) is 0 Å². The molecule has 1 fully saturated rings. The minimum absolute atomic E-state index is 0.109. The Morgan fingerprint density at radius 1 is 1.19 bits per heavy atom. The molecule has 4 aromatic rings. The first kappa shape index (κ1) is 23.5. The Hall–Kier alpha value is -4.19. The van der Waals surface area contributed by atoms with Crippen LogP contribution in [-0.2, 0) is 11.8 Å². The van der Waals surface area contributed by atoms with Crippen molar-refractivity contribution in [3.05, 3.63) is 47.0 Å². The number of piperazine rings is 1. The van der Waals surface area contributed by atoms with E-state index in [1.807, 2.05) is 24.3 Å². The molecular formula is C24H29N9O3. The Morgan fingerprint density at radius 3 is 2.72 bits per heavy atom. The smallest absolute Gasteiger partial charge is 0.293 e. The van der Waals surface area contributed by atoms with E-state index in [0.717, 1.165) is 35.5 Å². The molecule has 5 rings (SSSR count). The standard InChI is InChI=1S/C24H29N9O3/c1-14-10-32(11-15(2)28-14)20-9-21(33-24(30-20)26-13-27-33)29-17-5-6-18-16(7-17)8-19(23(35)31(18)4)36-12-22(34)25-3/h5-9,13-15,28-29H,10-12H2,1-4H3,(H,25,34)/t14-,15+. The lowest BCUT2D eigenvalue weighted by atomic mass is 10.1. The maximum atomic E-state index is 12.7. The van der Waals surface area contributed by atoms with Crippen LogP contribution in [-0.4, -0.2) is 68.9 Å². The van der Waals surface area contributed by atoms with Gasteiger partial charge < -0.3 is 30.2 Å². The van der Waals surface area contributed by atoms with Gasteiger partial charge in [0, 0.05) is 56.4 Å². The zero-order valence-corrected chi connectivity index (χ0v) is 20.6. The van der Waals surface area contributed by atoms with Crippen LogP contribution < -0.4 is 31.1 Å². The molecule has 3 N–H and O–H groups in total. The van der Waals surface area contributed by atoms with Crippen LogP contribution in [0, 0.1) is 0 Å². The second-order valence-electron chi connectivity index (χ2n) is 9.08. The summed E-state index contributed by atoms with van der Waals surface area (Å²) in [4.78, 5) is 35.5. The molecule has 0 aliphatic carbocycles. The third-order valence-corrected chi connectivity index (χ3v) is 6.22. The van der Waals surface area contributed by atoms with E-state index < -0.39 is 0 Å². The van der Waals surface area contributed by atoms with Crippen molar-refractivity contribution in [2.45, 2.75) is 25.9 Å². The molecule has 3 aromatic heterocycles. The van der Waals surface area contributed by atoms with Gasteiger partial charge in [0.25, 0.3) is 17.2 Å². The Labute approximate surface area is 207 Å². The normalized spacial score (nSPS) is 17.9. The third kappa shape index (κ3) is 4.54. The second kappa shape index (κ2) is 9.46. The monoisotopic (exact) mass is 491 g/mol. The fraction of sp³-hybridized carbons (Fsp3) is 0.375. The first-order valence-corrected chi connectivity index (χ1v) is 11.8. The van der Waals surface area contributed by atoms with E-state index in [1.165, 1.54) is 17.9 Å². The maximum absolute atomic E-state index is 12.7. The predicted molar refractivity (Wildman–Crippen MR) is 137 cm³/mol. The average Bonchev–Trinajstić information content (AvgIpc) is 3.33. The number of fused-ring (bicyclic) bond motifs is 2. The van der Waals surface area contributed by atoms with Gasteiger partial charge in [-0.3, -0.25) is 9.59 Å². The number of hydrogen-bond donors (Lipinski definition) is 3. The van der Waals surface area contributed by atoms with Crippen molar-refractivity contribution in [3.63, 3.8) is 0 Å². The molecule has 188 valence electrons. The Balaban J connectivity index is 1.49. The molecular weight excluding hydrogens is 462 g/mol. The number of benzene rings is 1. The van der Waals surface area contributed by atoms with E-state index >= 15 is 0 Å². The van der Waals surface area contributed by atoms with Crippen LogP contribution in [0.5, 0.6) is 5.75 Å². The topological polar surface area (TPSA) is 131 Å². The minimum Gasteiger partial charge on any atom is -0.478 e. The molecule has 0 bridgehead atoms.